The molecule has 37 heavy (non-hydrogen) atoms. The molecule has 2 amide bonds. The summed E-state index contributed by atoms with van der Waals surface area (Å²) in [6.07, 6.45) is 0.208. The first kappa shape index (κ1) is 23.8. The van der Waals surface area contributed by atoms with E-state index in [4.69, 9.17) is 0 Å². The molecule has 7 nitrogen and oxygen atoms in total. The molecule has 0 aliphatic heterocycles. The molecule has 0 saturated carbocycles. The van der Waals surface area contributed by atoms with Gasteiger partial charge < -0.3 is 10.6 Å². The molecule has 1 heterocycles. The minimum absolute atomic E-state index is 0.182. The summed E-state index contributed by atoms with van der Waals surface area (Å²) >= 11 is 0. The van der Waals surface area contributed by atoms with Crippen LogP contribution in [0.25, 0.3) is 16.5 Å². The largest absolute Gasteiger partial charge is 0.326 e. The Hall–Kier alpha value is -4.91. The highest BCUT2D eigenvalue weighted by Gasteiger charge is 2.19. The lowest BCUT2D eigenvalue weighted by molar-refractivity contribution is -0.115. The number of carbonyl (C=O) groups is 2. The number of nitrogens with zero attached hydrogens (tertiary/aromatic N) is 2. The van der Waals surface area contributed by atoms with E-state index in [-0.39, 0.29) is 23.6 Å². The van der Waals surface area contributed by atoms with Crippen molar-refractivity contribution in [3.05, 3.63) is 124 Å². The summed E-state index contributed by atoms with van der Waals surface area (Å²) in [4.78, 5) is 39.0. The van der Waals surface area contributed by atoms with Crippen LogP contribution in [0.5, 0.6) is 0 Å². The topological polar surface area (TPSA) is 85.1 Å². The Labute approximate surface area is 214 Å². The Morgan fingerprint density at radius 2 is 1.51 bits per heavy atom. The number of carbonyl (C=O) groups excluding carboxylic acids is 2. The van der Waals surface area contributed by atoms with Crippen LogP contribution in [-0.2, 0) is 18.3 Å². The first-order chi connectivity index (χ1) is 17.9. The number of hydrogen-bond donors (Lipinski definition) is 2. The summed E-state index contributed by atoms with van der Waals surface area (Å²) in [7, 11) is 1.77. The minimum atomic E-state index is -0.434. The van der Waals surface area contributed by atoms with Gasteiger partial charge in [0, 0.05) is 18.3 Å². The molecule has 7 heteroatoms. The Morgan fingerprint density at radius 1 is 0.811 bits per heavy atom. The molecule has 0 aliphatic carbocycles. The van der Waals surface area contributed by atoms with E-state index in [9.17, 15) is 14.4 Å². The average molecular weight is 491 g/mol. The van der Waals surface area contributed by atoms with E-state index in [0.717, 1.165) is 16.3 Å². The number of benzene rings is 4. The highest BCUT2D eigenvalue weighted by atomic mass is 16.2. The molecular formula is C30H26N4O3. The summed E-state index contributed by atoms with van der Waals surface area (Å²) in [5.41, 5.74) is 2.98. The van der Waals surface area contributed by atoms with Crippen molar-refractivity contribution in [2.24, 2.45) is 7.05 Å². The predicted molar refractivity (Wildman–Crippen MR) is 146 cm³/mol. The number of fused-ring (bicyclic) bond motifs is 1. The lowest BCUT2D eigenvalue weighted by Crippen LogP contribution is -2.23. The molecule has 5 rings (SSSR count). The van der Waals surface area contributed by atoms with Crippen LogP contribution in [0.3, 0.4) is 0 Å². The molecule has 0 spiro atoms. The van der Waals surface area contributed by atoms with Crippen LogP contribution in [0.4, 0.5) is 11.4 Å². The van der Waals surface area contributed by atoms with Crippen LogP contribution in [-0.4, -0.2) is 21.2 Å². The zero-order valence-corrected chi connectivity index (χ0v) is 20.6. The predicted octanol–water partition coefficient (Wildman–Crippen LogP) is 5.07. The third kappa shape index (κ3) is 4.79. The third-order valence-corrected chi connectivity index (χ3v) is 6.43. The number of para-hydroxylation sites is 1. The van der Waals surface area contributed by atoms with Crippen molar-refractivity contribution in [1.29, 1.82) is 0 Å². The molecule has 0 bridgehead atoms. The van der Waals surface area contributed by atoms with Gasteiger partial charge in [-0.05, 0) is 53.6 Å². The number of nitrogens with one attached hydrogen (secondary N) is 2. The van der Waals surface area contributed by atoms with Gasteiger partial charge in [0.1, 0.15) is 5.69 Å². The standard InChI is InChI=1S/C30H26N4O3/c1-20-28(30(37)34(33(20)2)25-15-4-3-5-16-25)32-29(36)23-13-9-14-24(18-23)31-27(35)19-22-12-8-11-21-10-6-7-17-26(21)22/h3-18H,19H2,1-2H3,(H,31,35)(H,32,36). The van der Waals surface area contributed by atoms with E-state index in [2.05, 4.69) is 10.6 Å². The summed E-state index contributed by atoms with van der Waals surface area (Å²) in [6, 6.07) is 29.7. The van der Waals surface area contributed by atoms with E-state index >= 15 is 0 Å². The quantitative estimate of drug-likeness (QED) is 0.348. The minimum Gasteiger partial charge on any atom is -0.326 e. The molecule has 0 atom stereocenters. The lowest BCUT2D eigenvalue weighted by Gasteiger charge is -2.09. The highest BCUT2D eigenvalue weighted by molar-refractivity contribution is 6.05. The van der Waals surface area contributed by atoms with Crippen molar-refractivity contribution < 1.29 is 9.59 Å². The van der Waals surface area contributed by atoms with Crippen LogP contribution in [0.15, 0.2) is 102 Å². The van der Waals surface area contributed by atoms with Crippen LogP contribution in [0, 0.1) is 6.92 Å². The van der Waals surface area contributed by atoms with Crippen LogP contribution in [0.2, 0.25) is 0 Å². The molecule has 1 aromatic heterocycles. The van der Waals surface area contributed by atoms with E-state index in [0.29, 0.717) is 22.6 Å². The van der Waals surface area contributed by atoms with Crippen molar-refractivity contribution >= 4 is 34.0 Å². The van der Waals surface area contributed by atoms with Gasteiger partial charge in [-0.2, -0.15) is 0 Å². The second-order valence-corrected chi connectivity index (χ2v) is 8.83. The zero-order valence-electron chi connectivity index (χ0n) is 20.6. The SMILES string of the molecule is Cc1c(NC(=O)c2cccc(NC(=O)Cc3cccc4ccccc34)c2)c(=O)n(-c2ccccc2)n1C. The molecule has 184 valence electrons. The molecule has 0 radical (unpaired) electrons. The summed E-state index contributed by atoms with van der Waals surface area (Å²) in [5, 5.41) is 7.76. The Balaban J connectivity index is 1.33. The van der Waals surface area contributed by atoms with Gasteiger partial charge in [0.15, 0.2) is 0 Å². The van der Waals surface area contributed by atoms with Crippen molar-refractivity contribution in [3.8, 4) is 5.69 Å². The van der Waals surface area contributed by atoms with Gasteiger partial charge in [-0.1, -0.05) is 66.7 Å². The van der Waals surface area contributed by atoms with Gasteiger partial charge >= 0.3 is 0 Å². The molecule has 4 aromatic carbocycles. The van der Waals surface area contributed by atoms with E-state index in [1.54, 1.807) is 42.9 Å². The van der Waals surface area contributed by atoms with E-state index in [1.165, 1.54) is 4.68 Å². The normalized spacial score (nSPS) is 10.9. The zero-order chi connectivity index (χ0) is 25.9. The van der Waals surface area contributed by atoms with Crippen molar-refractivity contribution in [2.45, 2.75) is 13.3 Å². The summed E-state index contributed by atoms with van der Waals surface area (Å²) in [6.45, 7) is 1.78. The third-order valence-electron chi connectivity index (χ3n) is 6.43. The Bertz CT molecular complexity index is 1680. The van der Waals surface area contributed by atoms with E-state index < -0.39 is 5.91 Å². The van der Waals surface area contributed by atoms with Crippen LogP contribution < -0.4 is 16.2 Å². The maximum absolute atomic E-state index is 13.1. The summed E-state index contributed by atoms with van der Waals surface area (Å²) < 4.78 is 3.21. The number of amides is 2. The molecule has 0 fully saturated rings. The Morgan fingerprint density at radius 3 is 2.32 bits per heavy atom. The van der Waals surface area contributed by atoms with Gasteiger partial charge in [-0.3, -0.25) is 19.1 Å². The summed E-state index contributed by atoms with van der Waals surface area (Å²) in [5.74, 6) is -0.616. The van der Waals surface area contributed by atoms with Gasteiger partial charge in [0.25, 0.3) is 11.5 Å². The van der Waals surface area contributed by atoms with Crippen molar-refractivity contribution in [2.75, 3.05) is 10.6 Å². The number of rotatable bonds is 6. The fourth-order valence-electron chi connectivity index (χ4n) is 4.46. The van der Waals surface area contributed by atoms with Crippen LogP contribution in [0.1, 0.15) is 21.6 Å². The second kappa shape index (κ2) is 9.99. The molecular weight excluding hydrogens is 464 g/mol. The average Bonchev–Trinajstić information content (AvgIpc) is 3.12. The molecule has 2 N–H and O–H groups in total. The highest BCUT2D eigenvalue weighted by Crippen LogP contribution is 2.20. The first-order valence-electron chi connectivity index (χ1n) is 11.9. The molecule has 0 unspecified atom stereocenters. The molecule has 5 aromatic rings. The van der Waals surface area contributed by atoms with E-state index in [1.807, 2.05) is 72.8 Å². The van der Waals surface area contributed by atoms with Gasteiger partial charge in [-0.15, -0.1) is 0 Å². The molecule has 0 saturated heterocycles. The smallest absolute Gasteiger partial charge is 0.295 e. The lowest BCUT2D eigenvalue weighted by atomic mass is 10.0. The fraction of sp³-hybridized carbons (Fsp3) is 0.100. The van der Waals surface area contributed by atoms with Crippen LogP contribution >= 0.6 is 0 Å². The first-order valence-corrected chi connectivity index (χ1v) is 11.9. The van der Waals surface area contributed by atoms with Crippen molar-refractivity contribution in [3.63, 3.8) is 0 Å². The fourth-order valence-corrected chi connectivity index (χ4v) is 4.46. The van der Waals surface area contributed by atoms with Crippen molar-refractivity contribution in [1.82, 2.24) is 9.36 Å². The number of anilines is 2. The maximum Gasteiger partial charge on any atom is 0.295 e. The van der Waals surface area contributed by atoms with Gasteiger partial charge in [0.2, 0.25) is 5.91 Å². The Kier molecular flexibility index (Phi) is 6.43. The second-order valence-electron chi connectivity index (χ2n) is 8.83. The number of hydrogen-bond acceptors (Lipinski definition) is 3. The number of aromatic nitrogens is 2. The molecule has 0 aliphatic rings. The van der Waals surface area contributed by atoms with Gasteiger partial charge in [-0.25, -0.2) is 4.68 Å². The maximum atomic E-state index is 13.1. The monoisotopic (exact) mass is 490 g/mol. The van der Waals surface area contributed by atoms with Gasteiger partial charge in [0.05, 0.1) is 17.8 Å².